The van der Waals surface area contributed by atoms with E-state index in [1.807, 2.05) is 4.90 Å². The Morgan fingerprint density at radius 1 is 1.18 bits per heavy atom. The van der Waals surface area contributed by atoms with Gasteiger partial charge in [0.05, 0.1) is 17.3 Å². The minimum atomic E-state index is -4.61. The second kappa shape index (κ2) is 10.0. The van der Waals surface area contributed by atoms with E-state index in [0.29, 0.717) is 18.2 Å². The number of carbonyl (C=O) groups excluding carboxylic acids is 1. The number of benzene rings is 1. The van der Waals surface area contributed by atoms with Crippen molar-refractivity contribution in [1.82, 2.24) is 14.9 Å². The lowest BCUT2D eigenvalue weighted by Crippen LogP contribution is -2.55. The summed E-state index contributed by atoms with van der Waals surface area (Å²) in [5, 5.41) is 0. The molecule has 9 nitrogen and oxygen atoms in total. The average Bonchev–Trinajstić information content (AvgIpc) is 2.77. The van der Waals surface area contributed by atoms with Gasteiger partial charge in [-0.2, -0.15) is 13.2 Å². The number of carbonyl (C=O) groups is 1. The van der Waals surface area contributed by atoms with Crippen LogP contribution in [-0.4, -0.2) is 73.6 Å². The fourth-order valence-electron chi connectivity index (χ4n) is 3.24. The Labute approximate surface area is 195 Å². The molecule has 1 saturated heterocycles. The summed E-state index contributed by atoms with van der Waals surface area (Å²) in [7, 11) is -3.27. The van der Waals surface area contributed by atoms with Crippen LogP contribution in [0.1, 0.15) is 19.4 Å². The number of alkyl halides is 3. The van der Waals surface area contributed by atoms with E-state index >= 15 is 0 Å². The maximum Gasteiger partial charge on any atom is 0.425 e. The lowest BCUT2D eigenvalue weighted by molar-refractivity contribution is -0.199. The molecule has 1 aliphatic rings. The molecule has 0 radical (unpaired) electrons. The molecule has 186 valence electrons. The van der Waals surface area contributed by atoms with Gasteiger partial charge in [0.1, 0.15) is 6.61 Å². The Kier molecular flexibility index (Phi) is 7.54. The molecule has 0 saturated carbocycles. The predicted molar refractivity (Wildman–Crippen MR) is 116 cm³/mol. The maximum atomic E-state index is 12.6. The first-order chi connectivity index (χ1) is 15.8. The second-order valence-electron chi connectivity index (χ2n) is 7.98. The van der Waals surface area contributed by atoms with Crippen LogP contribution < -0.4 is 9.64 Å². The first-order valence-corrected chi connectivity index (χ1v) is 12.3. The van der Waals surface area contributed by atoms with Crippen LogP contribution in [0, 0.1) is 0 Å². The van der Waals surface area contributed by atoms with Gasteiger partial charge in [-0.15, -0.1) is 0 Å². The largest absolute Gasteiger partial charge is 0.486 e. The summed E-state index contributed by atoms with van der Waals surface area (Å²) in [6, 6.07) is 6.09. The van der Waals surface area contributed by atoms with E-state index in [4.69, 9.17) is 4.74 Å². The quantitative estimate of drug-likeness (QED) is 0.594. The van der Waals surface area contributed by atoms with Crippen molar-refractivity contribution in [2.24, 2.45) is 0 Å². The molecule has 0 bridgehead atoms. The molecule has 0 N–H and O–H groups in total. The standard InChI is InChI=1S/C21H25F3N4O5S/c1-14-12-27(20(29)33-15(2)21(22,23)24)8-9-28(14)19-25-10-17(11-26-19)32-13-16-4-6-18(7-5-16)34(3,30)31/h4-7,10-11,14-15H,8-9,12-13H2,1-3H3. The Hall–Kier alpha value is -3.09. The number of nitrogens with zero attached hydrogens (tertiary/aromatic N) is 4. The molecule has 2 aromatic rings. The SMILES string of the molecule is CC1CN(C(=O)OC(C)C(F)(F)F)CCN1c1ncc(OCc2ccc(S(C)(=O)=O)cc2)cn1. The van der Waals surface area contributed by atoms with Gasteiger partial charge in [0.15, 0.2) is 21.7 Å². The van der Waals surface area contributed by atoms with Crippen LogP contribution in [0.3, 0.4) is 0 Å². The Bertz CT molecular complexity index is 1090. The number of aromatic nitrogens is 2. The molecule has 3 rings (SSSR count). The topological polar surface area (TPSA) is 102 Å². The smallest absolute Gasteiger partial charge is 0.425 e. The number of sulfone groups is 1. The third-order valence-corrected chi connectivity index (χ3v) is 6.38. The predicted octanol–water partition coefficient (Wildman–Crippen LogP) is 3.06. The molecule has 13 heteroatoms. The summed E-state index contributed by atoms with van der Waals surface area (Å²) >= 11 is 0. The van der Waals surface area contributed by atoms with Crippen LogP contribution in [0.25, 0.3) is 0 Å². The molecule has 1 aliphatic heterocycles. The van der Waals surface area contributed by atoms with Crippen LogP contribution in [-0.2, 0) is 21.2 Å². The van der Waals surface area contributed by atoms with Gasteiger partial charge >= 0.3 is 12.3 Å². The number of anilines is 1. The highest BCUT2D eigenvalue weighted by Gasteiger charge is 2.40. The van der Waals surface area contributed by atoms with Crippen LogP contribution in [0.5, 0.6) is 5.75 Å². The van der Waals surface area contributed by atoms with Crippen molar-refractivity contribution in [2.45, 2.75) is 43.7 Å². The Morgan fingerprint density at radius 3 is 2.32 bits per heavy atom. The van der Waals surface area contributed by atoms with Crippen molar-refractivity contribution >= 4 is 21.9 Å². The summed E-state index contributed by atoms with van der Waals surface area (Å²) < 4.78 is 71.1. The first kappa shape index (κ1) is 25.5. The van der Waals surface area contributed by atoms with Gasteiger partial charge in [0.2, 0.25) is 5.95 Å². The zero-order valence-corrected chi connectivity index (χ0v) is 19.6. The molecule has 34 heavy (non-hydrogen) atoms. The summed E-state index contributed by atoms with van der Waals surface area (Å²) in [6.45, 7) is 3.44. The van der Waals surface area contributed by atoms with Crippen molar-refractivity contribution in [3.63, 3.8) is 0 Å². The van der Waals surface area contributed by atoms with Crippen molar-refractivity contribution in [3.05, 3.63) is 42.2 Å². The van der Waals surface area contributed by atoms with Crippen molar-refractivity contribution < 1.29 is 35.9 Å². The Balaban J connectivity index is 1.53. The lowest BCUT2D eigenvalue weighted by Gasteiger charge is -2.39. The number of ether oxygens (including phenoxy) is 2. The van der Waals surface area contributed by atoms with E-state index in [-0.39, 0.29) is 30.6 Å². The normalized spacial score (nSPS) is 17.9. The van der Waals surface area contributed by atoms with Crippen molar-refractivity contribution in [2.75, 3.05) is 30.8 Å². The average molecular weight is 503 g/mol. The highest BCUT2D eigenvalue weighted by molar-refractivity contribution is 7.90. The van der Waals surface area contributed by atoms with Crippen LogP contribution in [0.15, 0.2) is 41.6 Å². The molecular formula is C21H25F3N4O5S. The van der Waals surface area contributed by atoms with E-state index in [1.54, 1.807) is 19.1 Å². The van der Waals surface area contributed by atoms with Gasteiger partial charge < -0.3 is 19.3 Å². The van der Waals surface area contributed by atoms with Crippen molar-refractivity contribution in [3.8, 4) is 5.75 Å². The molecule has 1 amide bonds. The monoisotopic (exact) mass is 502 g/mol. The zero-order chi connectivity index (χ0) is 25.1. The molecule has 2 atom stereocenters. The van der Waals surface area contributed by atoms with Gasteiger partial charge in [-0.3, -0.25) is 0 Å². The van der Waals surface area contributed by atoms with Gasteiger partial charge in [-0.1, -0.05) is 12.1 Å². The van der Waals surface area contributed by atoms with E-state index in [2.05, 4.69) is 14.7 Å². The molecule has 2 unspecified atom stereocenters. The second-order valence-corrected chi connectivity index (χ2v) is 10.00. The first-order valence-electron chi connectivity index (χ1n) is 10.4. The zero-order valence-electron chi connectivity index (χ0n) is 18.8. The molecule has 2 heterocycles. The summed E-state index contributed by atoms with van der Waals surface area (Å²) in [6.07, 6.45) is -3.68. The van der Waals surface area contributed by atoms with Crippen LogP contribution in [0.2, 0.25) is 0 Å². The molecule has 1 aromatic heterocycles. The third kappa shape index (κ3) is 6.49. The number of amides is 1. The van der Waals surface area contributed by atoms with Crippen LogP contribution in [0.4, 0.5) is 23.9 Å². The van der Waals surface area contributed by atoms with Gasteiger partial charge in [-0.25, -0.2) is 23.2 Å². The van der Waals surface area contributed by atoms with Gasteiger partial charge in [0.25, 0.3) is 0 Å². The third-order valence-electron chi connectivity index (χ3n) is 5.25. The molecule has 0 spiro atoms. The highest BCUT2D eigenvalue weighted by atomic mass is 32.2. The minimum Gasteiger partial charge on any atom is -0.486 e. The van der Waals surface area contributed by atoms with E-state index in [9.17, 15) is 26.4 Å². The van der Waals surface area contributed by atoms with Gasteiger partial charge in [0, 0.05) is 31.9 Å². The molecule has 0 aliphatic carbocycles. The highest BCUT2D eigenvalue weighted by Crippen LogP contribution is 2.24. The van der Waals surface area contributed by atoms with Crippen molar-refractivity contribution in [1.29, 1.82) is 0 Å². The van der Waals surface area contributed by atoms with Crippen LogP contribution >= 0.6 is 0 Å². The molecular weight excluding hydrogens is 477 g/mol. The fourth-order valence-corrected chi connectivity index (χ4v) is 3.88. The number of rotatable bonds is 6. The fraction of sp³-hybridized carbons (Fsp3) is 0.476. The van der Waals surface area contributed by atoms with Gasteiger partial charge in [-0.05, 0) is 31.5 Å². The molecule has 1 aromatic carbocycles. The van der Waals surface area contributed by atoms with E-state index < -0.39 is 28.2 Å². The van der Waals surface area contributed by atoms with E-state index in [0.717, 1.165) is 18.7 Å². The maximum absolute atomic E-state index is 12.6. The number of halogens is 3. The number of hydrogen-bond acceptors (Lipinski definition) is 8. The minimum absolute atomic E-state index is 0.161. The molecule has 1 fully saturated rings. The van der Waals surface area contributed by atoms with E-state index in [1.165, 1.54) is 29.4 Å². The summed E-state index contributed by atoms with van der Waals surface area (Å²) in [4.78, 5) is 23.9. The lowest BCUT2D eigenvalue weighted by atomic mass is 10.2. The summed E-state index contributed by atoms with van der Waals surface area (Å²) in [5.74, 6) is 0.806. The number of piperazine rings is 1. The number of hydrogen-bond donors (Lipinski definition) is 0. The summed E-state index contributed by atoms with van der Waals surface area (Å²) in [5.41, 5.74) is 0.771. The Morgan fingerprint density at radius 2 is 1.79 bits per heavy atom.